The first-order valence-corrected chi connectivity index (χ1v) is 14.3. The van der Waals surface area contributed by atoms with Crippen molar-refractivity contribution in [2.24, 2.45) is 5.92 Å². The fourth-order valence-corrected chi connectivity index (χ4v) is 5.80. The number of hydrogen-bond donors (Lipinski definition) is 4. The number of nitrogens with one attached hydrogen (secondary N) is 2. The van der Waals surface area contributed by atoms with Gasteiger partial charge in [0, 0.05) is 42.2 Å². The van der Waals surface area contributed by atoms with Crippen molar-refractivity contribution in [3.8, 4) is 17.1 Å². The summed E-state index contributed by atoms with van der Waals surface area (Å²) in [7, 11) is 0. The summed E-state index contributed by atoms with van der Waals surface area (Å²) < 4.78 is 5.43. The van der Waals surface area contributed by atoms with Crippen molar-refractivity contribution in [3.05, 3.63) is 81.7 Å². The lowest BCUT2D eigenvalue weighted by Gasteiger charge is -2.41. The number of aliphatic hydroxyl groups excluding tert-OH is 1. The predicted octanol–water partition coefficient (Wildman–Crippen LogP) is 4.03. The first-order valence-electron chi connectivity index (χ1n) is 14.3. The predicted molar refractivity (Wildman–Crippen MR) is 156 cm³/mol. The number of aromatic nitrogens is 3. The lowest BCUT2D eigenvalue weighted by molar-refractivity contribution is -0.136. The van der Waals surface area contributed by atoms with Crippen LogP contribution < -0.4 is 15.6 Å². The van der Waals surface area contributed by atoms with E-state index < -0.39 is 17.9 Å². The molecule has 1 aliphatic carbocycles. The van der Waals surface area contributed by atoms with Crippen molar-refractivity contribution in [1.82, 2.24) is 25.2 Å². The minimum absolute atomic E-state index is 0.0170. The number of amides is 1. The maximum atomic E-state index is 13.7. The summed E-state index contributed by atoms with van der Waals surface area (Å²) in [6.07, 6.45) is 8.16. The second kappa shape index (κ2) is 12.9. The number of carbonyl (C=O) groups is 2. The number of nitrogens with zero attached hydrogens (tertiary/aromatic N) is 3. The van der Waals surface area contributed by atoms with E-state index in [0.717, 1.165) is 32.1 Å². The van der Waals surface area contributed by atoms with Gasteiger partial charge in [-0.3, -0.25) is 14.4 Å². The second-order valence-corrected chi connectivity index (χ2v) is 10.6. The molecule has 220 valence electrons. The number of rotatable bonds is 10. The fourth-order valence-electron chi connectivity index (χ4n) is 5.80. The van der Waals surface area contributed by atoms with Crippen LogP contribution in [0.15, 0.2) is 59.3 Å². The summed E-state index contributed by atoms with van der Waals surface area (Å²) in [5, 5.41) is 23.5. The molecule has 42 heavy (non-hydrogen) atoms. The van der Waals surface area contributed by atoms with Crippen molar-refractivity contribution >= 4 is 17.6 Å². The maximum Gasteiger partial charge on any atom is 0.316 e. The normalized spacial score (nSPS) is 17.1. The highest BCUT2D eigenvalue weighted by molar-refractivity contribution is 6.00. The van der Waals surface area contributed by atoms with Gasteiger partial charge in [0.15, 0.2) is 5.76 Å². The van der Waals surface area contributed by atoms with Crippen LogP contribution in [0, 0.1) is 5.92 Å². The third-order valence-corrected chi connectivity index (χ3v) is 7.76. The number of benzene rings is 1. The molecule has 0 bridgehead atoms. The first-order chi connectivity index (χ1) is 20.4. The van der Waals surface area contributed by atoms with E-state index in [-0.39, 0.29) is 41.9 Å². The highest BCUT2D eigenvalue weighted by Crippen LogP contribution is 2.42. The van der Waals surface area contributed by atoms with Crippen molar-refractivity contribution in [3.63, 3.8) is 0 Å². The maximum absolute atomic E-state index is 13.7. The molecular weight excluding hydrogens is 538 g/mol. The molecule has 1 aromatic carbocycles. The standard InChI is InChI=1S/C31H35N5O6/c1-2-42-31-33-16-21(17-34-31)26-25-23(15-22(29(40)35-25)20-11-7-4-8-12-20)28(39)27(30(41)32-14-13-24(37)38)36(26)18-19-9-5-3-6-10-19/h4,7-8,11-12,15-17,19,26,39H,2-3,5-6,9-10,13-14,18H2,1H3,(H,32,41)(H,35,40)(H,37,38). The van der Waals surface area contributed by atoms with E-state index in [1.54, 1.807) is 35.5 Å². The molecule has 1 unspecified atom stereocenters. The van der Waals surface area contributed by atoms with Gasteiger partial charge in [0.25, 0.3) is 11.5 Å². The molecule has 1 amide bonds. The van der Waals surface area contributed by atoms with Gasteiger partial charge in [-0.25, -0.2) is 9.97 Å². The first kappa shape index (κ1) is 28.8. The van der Waals surface area contributed by atoms with Crippen molar-refractivity contribution in [1.29, 1.82) is 0 Å². The van der Waals surface area contributed by atoms with E-state index in [4.69, 9.17) is 9.84 Å². The van der Waals surface area contributed by atoms with Crippen LogP contribution >= 0.6 is 0 Å². The number of H-pyrrole nitrogens is 1. The third kappa shape index (κ3) is 6.14. The number of aliphatic carboxylic acids is 1. The van der Waals surface area contributed by atoms with E-state index in [2.05, 4.69) is 20.3 Å². The van der Waals surface area contributed by atoms with E-state index >= 15 is 0 Å². The SMILES string of the molecule is CCOc1ncc(C2c3[nH]c(=O)c(-c4ccccc4)cc3C(O)=C(C(=O)NCCC(=O)O)N2CC2CCCCC2)cn1. The molecule has 4 N–H and O–H groups in total. The Hall–Kier alpha value is -4.67. The molecule has 2 aliphatic rings. The van der Waals surface area contributed by atoms with Crippen LogP contribution in [0.3, 0.4) is 0 Å². The minimum atomic E-state index is -1.05. The number of aromatic amines is 1. The van der Waals surface area contributed by atoms with Gasteiger partial charge in [-0.2, -0.15) is 0 Å². The number of carbonyl (C=O) groups excluding carboxylic acids is 1. The highest BCUT2D eigenvalue weighted by Gasteiger charge is 2.40. The van der Waals surface area contributed by atoms with Crippen molar-refractivity contribution < 1.29 is 24.5 Å². The summed E-state index contributed by atoms with van der Waals surface area (Å²) in [4.78, 5) is 51.8. The zero-order valence-electron chi connectivity index (χ0n) is 23.5. The van der Waals surface area contributed by atoms with Gasteiger partial charge >= 0.3 is 12.0 Å². The summed E-state index contributed by atoms with van der Waals surface area (Å²) in [5.74, 6) is -1.68. The van der Waals surface area contributed by atoms with Crippen LogP contribution in [0.25, 0.3) is 16.9 Å². The number of pyridine rings is 1. The molecule has 11 heteroatoms. The molecule has 1 aliphatic heterocycles. The molecule has 0 spiro atoms. The Balaban J connectivity index is 1.68. The van der Waals surface area contributed by atoms with Crippen LogP contribution in [0.4, 0.5) is 0 Å². The molecule has 1 atom stereocenters. The zero-order valence-corrected chi connectivity index (χ0v) is 23.5. The highest BCUT2D eigenvalue weighted by atomic mass is 16.5. The Kier molecular flexibility index (Phi) is 8.85. The number of ether oxygens (including phenoxy) is 1. The fraction of sp³-hybridized carbons (Fsp3) is 0.387. The van der Waals surface area contributed by atoms with Crippen LogP contribution in [0.2, 0.25) is 0 Å². The number of fused-ring (bicyclic) bond motifs is 1. The third-order valence-electron chi connectivity index (χ3n) is 7.76. The molecule has 3 heterocycles. The minimum Gasteiger partial charge on any atom is -0.505 e. The van der Waals surface area contributed by atoms with Gasteiger partial charge < -0.3 is 30.2 Å². The smallest absolute Gasteiger partial charge is 0.316 e. The molecule has 5 rings (SSSR count). The van der Waals surface area contributed by atoms with Gasteiger partial charge in [0.2, 0.25) is 0 Å². The summed E-state index contributed by atoms with van der Waals surface area (Å²) >= 11 is 0. The van der Waals surface area contributed by atoms with Gasteiger partial charge in [0.1, 0.15) is 5.70 Å². The average Bonchev–Trinajstić information content (AvgIpc) is 2.99. The second-order valence-electron chi connectivity index (χ2n) is 10.6. The average molecular weight is 574 g/mol. The van der Waals surface area contributed by atoms with E-state index in [0.29, 0.717) is 41.1 Å². The van der Waals surface area contributed by atoms with Gasteiger partial charge in [-0.1, -0.05) is 49.6 Å². The van der Waals surface area contributed by atoms with E-state index in [1.807, 2.05) is 25.1 Å². The lowest BCUT2D eigenvalue weighted by atomic mass is 9.86. The summed E-state index contributed by atoms with van der Waals surface area (Å²) in [6, 6.07) is 10.2. The lowest BCUT2D eigenvalue weighted by Crippen LogP contribution is -2.44. The van der Waals surface area contributed by atoms with E-state index in [9.17, 15) is 19.5 Å². The monoisotopic (exact) mass is 573 g/mol. The molecule has 1 saturated carbocycles. The largest absolute Gasteiger partial charge is 0.505 e. The van der Waals surface area contributed by atoms with Crippen molar-refractivity contribution in [2.75, 3.05) is 19.7 Å². The topological polar surface area (TPSA) is 158 Å². The molecule has 0 saturated heterocycles. The van der Waals surface area contributed by atoms with Gasteiger partial charge in [-0.05, 0) is 37.3 Å². The van der Waals surface area contributed by atoms with Crippen LogP contribution in [-0.2, 0) is 9.59 Å². The van der Waals surface area contributed by atoms with Crippen LogP contribution in [0.5, 0.6) is 6.01 Å². The molecule has 3 aromatic rings. The Labute approximate surface area is 243 Å². The summed E-state index contributed by atoms with van der Waals surface area (Å²) in [5.41, 5.74) is 2.00. The Morgan fingerprint density at radius 3 is 2.48 bits per heavy atom. The Bertz CT molecular complexity index is 1510. The van der Waals surface area contributed by atoms with Crippen molar-refractivity contribution in [2.45, 2.75) is 51.5 Å². The zero-order chi connectivity index (χ0) is 29.6. The van der Waals surface area contributed by atoms with E-state index in [1.165, 1.54) is 0 Å². The summed E-state index contributed by atoms with van der Waals surface area (Å²) in [6.45, 7) is 2.56. The molecule has 11 nitrogen and oxygen atoms in total. The number of carboxylic acids is 1. The van der Waals surface area contributed by atoms with Crippen LogP contribution in [0.1, 0.15) is 68.3 Å². The van der Waals surface area contributed by atoms with Gasteiger partial charge in [-0.15, -0.1) is 0 Å². The Morgan fingerprint density at radius 1 is 1.10 bits per heavy atom. The van der Waals surface area contributed by atoms with Crippen LogP contribution in [-0.4, -0.2) is 61.6 Å². The molecule has 1 fully saturated rings. The Morgan fingerprint density at radius 2 is 1.81 bits per heavy atom. The number of carboxylic acid groups (broad SMARTS) is 1. The molecular formula is C31H35N5O6. The number of aliphatic hydroxyl groups is 1. The van der Waals surface area contributed by atoms with Gasteiger partial charge in [0.05, 0.1) is 24.8 Å². The quantitative estimate of drug-likeness (QED) is 0.281. The molecule has 2 aromatic heterocycles. The molecule has 0 radical (unpaired) electrons. The number of hydrogen-bond acceptors (Lipinski definition) is 8.